The second kappa shape index (κ2) is 4.46. The quantitative estimate of drug-likeness (QED) is 0.831. The molecular formula is C18H32N2. The lowest BCUT2D eigenvalue weighted by Gasteiger charge is -2.42. The second-order valence-corrected chi connectivity index (χ2v) is 8.82. The maximum atomic E-state index is 4.16. The lowest BCUT2D eigenvalue weighted by atomic mass is 9.69. The Kier molecular flexibility index (Phi) is 3.03. The van der Waals surface area contributed by atoms with E-state index < -0.39 is 0 Å². The summed E-state index contributed by atoms with van der Waals surface area (Å²) in [5.74, 6) is 0.967. The minimum absolute atomic E-state index is 0.541. The summed E-state index contributed by atoms with van der Waals surface area (Å²) in [6.07, 6.45) is 10.1. The first-order chi connectivity index (χ1) is 9.52. The van der Waals surface area contributed by atoms with Crippen molar-refractivity contribution in [2.45, 2.75) is 83.8 Å². The van der Waals surface area contributed by atoms with E-state index in [9.17, 15) is 0 Å². The number of rotatable bonds is 2. The Labute approximate surface area is 124 Å². The zero-order valence-electron chi connectivity index (χ0n) is 13.6. The van der Waals surface area contributed by atoms with Crippen molar-refractivity contribution in [2.24, 2.45) is 16.7 Å². The molecule has 0 amide bonds. The van der Waals surface area contributed by atoms with E-state index in [1.54, 1.807) is 0 Å². The van der Waals surface area contributed by atoms with Crippen molar-refractivity contribution in [1.82, 2.24) is 10.2 Å². The molecule has 2 heteroatoms. The zero-order valence-corrected chi connectivity index (χ0v) is 13.6. The van der Waals surface area contributed by atoms with Crippen LogP contribution >= 0.6 is 0 Å². The fraction of sp³-hybridized carbons (Fsp3) is 1.00. The fourth-order valence-electron chi connectivity index (χ4n) is 6.16. The third-order valence-electron chi connectivity index (χ3n) is 8.07. The fourth-order valence-corrected chi connectivity index (χ4v) is 6.16. The molecule has 0 aromatic rings. The molecule has 5 unspecified atom stereocenters. The Morgan fingerprint density at radius 1 is 1.00 bits per heavy atom. The highest BCUT2D eigenvalue weighted by molar-refractivity contribution is 5.14. The van der Waals surface area contributed by atoms with E-state index in [1.807, 2.05) is 0 Å². The molecule has 2 aliphatic carbocycles. The van der Waals surface area contributed by atoms with E-state index in [2.05, 4.69) is 31.0 Å². The van der Waals surface area contributed by atoms with Crippen LogP contribution in [0.4, 0.5) is 0 Å². The average Bonchev–Trinajstić information content (AvgIpc) is 2.99. The van der Waals surface area contributed by atoms with Gasteiger partial charge in [0.25, 0.3) is 0 Å². The Balaban J connectivity index is 1.48. The van der Waals surface area contributed by atoms with Gasteiger partial charge >= 0.3 is 0 Å². The predicted molar refractivity (Wildman–Crippen MR) is 83.8 cm³/mol. The van der Waals surface area contributed by atoms with Gasteiger partial charge < -0.3 is 5.32 Å². The minimum atomic E-state index is 0.541. The zero-order chi connectivity index (χ0) is 14.0. The summed E-state index contributed by atoms with van der Waals surface area (Å²) >= 11 is 0. The number of piperidine rings is 1. The summed E-state index contributed by atoms with van der Waals surface area (Å²) in [4.78, 5) is 2.77. The first-order valence-electron chi connectivity index (χ1n) is 9.02. The SMILES string of the molecule is CC1(C)C2CCC1(C)C(NC1CCN3CCCCC13)C2. The molecule has 2 saturated carbocycles. The Bertz CT molecular complexity index is 391. The largest absolute Gasteiger partial charge is 0.309 e. The van der Waals surface area contributed by atoms with Crippen molar-refractivity contribution >= 4 is 0 Å². The first kappa shape index (κ1) is 13.6. The third-order valence-corrected chi connectivity index (χ3v) is 8.07. The summed E-state index contributed by atoms with van der Waals surface area (Å²) in [6, 6.07) is 2.42. The van der Waals surface area contributed by atoms with Crippen LogP contribution in [0.5, 0.6) is 0 Å². The summed E-state index contributed by atoms with van der Waals surface area (Å²) < 4.78 is 0. The van der Waals surface area contributed by atoms with Gasteiger partial charge in [-0.2, -0.15) is 0 Å². The standard InChI is InChI=1S/C18H32N2/c1-17(2)13-7-9-18(17,3)16(12-13)19-14-8-11-20-10-5-4-6-15(14)20/h13-16,19H,4-12H2,1-3H3. The van der Waals surface area contributed by atoms with Crippen LogP contribution in [0.25, 0.3) is 0 Å². The van der Waals surface area contributed by atoms with Crippen LogP contribution in [0, 0.1) is 16.7 Å². The lowest BCUT2D eigenvalue weighted by Crippen LogP contribution is -2.53. The van der Waals surface area contributed by atoms with Crippen molar-refractivity contribution < 1.29 is 0 Å². The van der Waals surface area contributed by atoms with Crippen LogP contribution in [0.3, 0.4) is 0 Å². The van der Waals surface area contributed by atoms with Gasteiger partial charge in [0.2, 0.25) is 0 Å². The molecule has 2 bridgehead atoms. The van der Waals surface area contributed by atoms with Gasteiger partial charge in [0.05, 0.1) is 0 Å². The molecule has 0 radical (unpaired) electrons. The maximum absolute atomic E-state index is 4.16. The normalized spacial score (nSPS) is 50.5. The third kappa shape index (κ3) is 1.70. The van der Waals surface area contributed by atoms with Gasteiger partial charge in [0.1, 0.15) is 0 Å². The van der Waals surface area contributed by atoms with E-state index in [-0.39, 0.29) is 0 Å². The average molecular weight is 276 g/mol. The molecule has 0 aromatic carbocycles. The van der Waals surface area contributed by atoms with E-state index in [4.69, 9.17) is 0 Å². The van der Waals surface area contributed by atoms with Crippen LogP contribution in [0.15, 0.2) is 0 Å². The van der Waals surface area contributed by atoms with E-state index in [1.165, 1.54) is 58.0 Å². The van der Waals surface area contributed by atoms with Crippen LogP contribution in [0.1, 0.15) is 65.7 Å². The monoisotopic (exact) mass is 276 g/mol. The van der Waals surface area contributed by atoms with Gasteiger partial charge in [-0.05, 0) is 61.8 Å². The van der Waals surface area contributed by atoms with E-state index >= 15 is 0 Å². The number of nitrogens with zero attached hydrogens (tertiary/aromatic N) is 1. The highest BCUT2D eigenvalue weighted by Gasteiger charge is 2.61. The molecule has 20 heavy (non-hydrogen) atoms. The highest BCUT2D eigenvalue weighted by atomic mass is 15.2. The topological polar surface area (TPSA) is 15.3 Å². The molecule has 2 aliphatic heterocycles. The van der Waals surface area contributed by atoms with E-state index in [0.717, 1.165) is 24.0 Å². The van der Waals surface area contributed by atoms with Crippen molar-refractivity contribution in [1.29, 1.82) is 0 Å². The number of hydrogen-bond donors (Lipinski definition) is 1. The molecule has 0 aromatic heterocycles. The number of hydrogen-bond acceptors (Lipinski definition) is 2. The van der Waals surface area contributed by atoms with Crippen LogP contribution in [-0.4, -0.2) is 36.1 Å². The van der Waals surface area contributed by atoms with Gasteiger partial charge in [0.15, 0.2) is 0 Å². The molecule has 4 fully saturated rings. The van der Waals surface area contributed by atoms with Gasteiger partial charge in [-0.15, -0.1) is 0 Å². The number of fused-ring (bicyclic) bond motifs is 3. The maximum Gasteiger partial charge on any atom is 0.0249 e. The Hall–Kier alpha value is -0.0800. The number of nitrogens with one attached hydrogen (secondary N) is 1. The summed E-state index contributed by atoms with van der Waals surface area (Å²) in [6.45, 7) is 10.4. The molecule has 2 heterocycles. The van der Waals surface area contributed by atoms with E-state index in [0.29, 0.717) is 10.8 Å². The van der Waals surface area contributed by atoms with Gasteiger partial charge in [-0.25, -0.2) is 0 Å². The smallest absolute Gasteiger partial charge is 0.0249 e. The molecule has 0 spiro atoms. The van der Waals surface area contributed by atoms with Gasteiger partial charge in [-0.1, -0.05) is 27.2 Å². The molecule has 1 N–H and O–H groups in total. The van der Waals surface area contributed by atoms with Gasteiger partial charge in [-0.3, -0.25) is 4.90 Å². The highest BCUT2D eigenvalue weighted by Crippen LogP contribution is 2.65. The minimum Gasteiger partial charge on any atom is -0.309 e. The molecule has 5 atom stereocenters. The van der Waals surface area contributed by atoms with Crippen LogP contribution in [-0.2, 0) is 0 Å². The molecular weight excluding hydrogens is 244 g/mol. The van der Waals surface area contributed by atoms with Crippen molar-refractivity contribution in [3.63, 3.8) is 0 Å². The Morgan fingerprint density at radius 2 is 1.85 bits per heavy atom. The van der Waals surface area contributed by atoms with Gasteiger partial charge in [0, 0.05) is 24.7 Å². The predicted octanol–water partition coefficient (Wildman–Crippen LogP) is 3.42. The molecule has 4 aliphatic rings. The van der Waals surface area contributed by atoms with Crippen molar-refractivity contribution in [3.05, 3.63) is 0 Å². The summed E-state index contributed by atoms with van der Waals surface area (Å²) in [5, 5.41) is 4.16. The first-order valence-corrected chi connectivity index (χ1v) is 9.02. The molecule has 2 nitrogen and oxygen atoms in total. The molecule has 114 valence electrons. The van der Waals surface area contributed by atoms with Crippen molar-refractivity contribution in [2.75, 3.05) is 13.1 Å². The lowest BCUT2D eigenvalue weighted by molar-refractivity contribution is 0.105. The second-order valence-electron chi connectivity index (χ2n) is 8.82. The van der Waals surface area contributed by atoms with Crippen LogP contribution in [0.2, 0.25) is 0 Å². The molecule has 2 saturated heterocycles. The summed E-state index contributed by atoms with van der Waals surface area (Å²) in [5.41, 5.74) is 1.09. The summed E-state index contributed by atoms with van der Waals surface area (Å²) in [7, 11) is 0. The Morgan fingerprint density at radius 3 is 2.55 bits per heavy atom. The van der Waals surface area contributed by atoms with Crippen molar-refractivity contribution in [3.8, 4) is 0 Å². The van der Waals surface area contributed by atoms with Crippen LogP contribution < -0.4 is 5.32 Å². The molecule has 4 rings (SSSR count).